The van der Waals surface area contributed by atoms with Crippen LogP contribution in [0.3, 0.4) is 0 Å². The first-order valence-electron chi connectivity index (χ1n) is 12.7. The van der Waals surface area contributed by atoms with Gasteiger partial charge in [-0.25, -0.2) is 13.5 Å². The summed E-state index contributed by atoms with van der Waals surface area (Å²) in [6, 6.07) is 16.2. The van der Waals surface area contributed by atoms with Gasteiger partial charge in [0.15, 0.2) is 5.60 Å². The fraction of sp³-hybridized carbons (Fsp3) is 0.133. The first kappa shape index (κ1) is 30.0. The fourth-order valence-corrected chi connectivity index (χ4v) is 4.99. The molecule has 5 aromatic rings. The Morgan fingerprint density at radius 3 is 2.59 bits per heavy atom. The van der Waals surface area contributed by atoms with Crippen molar-refractivity contribution in [3.05, 3.63) is 129 Å². The molecule has 0 aliphatic carbocycles. The lowest BCUT2D eigenvalue weighted by atomic mass is 9.84. The molecule has 1 amide bonds. The second kappa shape index (κ2) is 12.4. The van der Waals surface area contributed by atoms with Gasteiger partial charge >= 0.3 is 5.92 Å². The maximum Gasteiger partial charge on any atom is 0.323 e. The maximum atomic E-state index is 15.9. The van der Waals surface area contributed by atoms with Gasteiger partial charge in [0.1, 0.15) is 23.7 Å². The molecule has 0 radical (unpaired) electrons. The topological polar surface area (TPSA) is 130 Å². The van der Waals surface area contributed by atoms with Gasteiger partial charge in [0.25, 0.3) is 5.91 Å². The van der Waals surface area contributed by atoms with Crippen LogP contribution in [0, 0.1) is 34.8 Å². The van der Waals surface area contributed by atoms with Crippen molar-refractivity contribution in [2.45, 2.75) is 24.6 Å². The number of hydrogen-bond donors (Lipinski definition) is 2. The second-order valence-corrected chi connectivity index (χ2v) is 10.5. The van der Waals surface area contributed by atoms with E-state index in [1.165, 1.54) is 6.07 Å². The van der Waals surface area contributed by atoms with Crippen molar-refractivity contribution in [1.29, 1.82) is 5.26 Å². The summed E-state index contributed by atoms with van der Waals surface area (Å²) in [4.78, 5) is 17.2. The Morgan fingerprint density at radius 1 is 1.05 bits per heavy atom. The number of carbonyl (C=O) groups excluding carboxylic acids is 1. The van der Waals surface area contributed by atoms with Gasteiger partial charge in [-0.15, -0.1) is 16.4 Å². The number of halogens is 4. The number of nitrogens with one attached hydrogen (secondary N) is 1. The highest BCUT2D eigenvalue weighted by atomic mass is 32.1. The first-order valence-corrected chi connectivity index (χ1v) is 13.5. The third-order valence-corrected chi connectivity index (χ3v) is 7.43. The largest absolute Gasteiger partial charge is 0.377 e. The third kappa shape index (κ3) is 6.32. The SMILES string of the molecule is N#Cc1cccc(CNC(=O)c2ccc(C#Cc3ccc(C(F)(F)C(O)(Cn4cnnn4)c4ccc(F)cc4F)nc3)s2)c1. The standard InChI is InChI=1S/C30H19F4N7O2S/c31-22-6-9-24(25(32)13-22)29(43,17-41-18-38-39-40-41)30(33,34)27-11-5-19(15-36-27)4-7-23-8-10-26(44-23)28(42)37-16-21-3-1-2-20(12-21)14-35/h1-3,5-6,8-13,15,18,43H,16-17H2,(H,37,42). The van der Waals surface area contributed by atoms with Gasteiger partial charge in [0.2, 0.25) is 0 Å². The zero-order valence-corrected chi connectivity index (χ0v) is 23.2. The smallest absolute Gasteiger partial charge is 0.323 e. The predicted octanol–water partition coefficient (Wildman–Crippen LogP) is 4.29. The Morgan fingerprint density at radius 2 is 1.89 bits per heavy atom. The van der Waals surface area contributed by atoms with Gasteiger partial charge in [-0.3, -0.25) is 9.78 Å². The van der Waals surface area contributed by atoms with Crippen LogP contribution in [-0.4, -0.2) is 36.2 Å². The summed E-state index contributed by atoms with van der Waals surface area (Å²) in [5.74, 6) is -1.30. The zero-order chi connectivity index (χ0) is 31.3. The van der Waals surface area contributed by atoms with Crippen LogP contribution in [0.5, 0.6) is 0 Å². The minimum absolute atomic E-state index is 0.231. The van der Waals surface area contributed by atoms with Gasteiger partial charge in [-0.1, -0.05) is 24.0 Å². The molecule has 2 aromatic carbocycles. The molecular formula is C30H19F4N7O2S. The predicted molar refractivity (Wildman–Crippen MR) is 149 cm³/mol. The number of aromatic nitrogens is 5. The Labute approximate surface area is 251 Å². The van der Waals surface area contributed by atoms with E-state index in [2.05, 4.69) is 37.7 Å². The van der Waals surface area contributed by atoms with Crippen LogP contribution < -0.4 is 5.32 Å². The molecule has 3 heterocycles. The van der Waals surface area contributed by atoms with Crippen LogP contribution in [0.25, 0.3) is 0 Å². The van der Waals surface area contributed by atoms with E-state index in [9.17, 15) is 18.7 Å². The molecule has 0 aliphatic rings. The summed E-state index contributed by atoms with van der Waals surface area (Å²) in [6.45, 7) is -0.742. The molecule has 3 aromatic heterocycles. The average Bonchev–Trinajstić information content (AvgIpc) is 3.71. The van der Waals surface area contributed by atoms with Crippen molar-refractivity contribution in [3.63, 3.8) is 0 Å². The lowest BCUT2D eigenvalue weighted by molar-refractivity contribution is -0.207. The van der Waals surface area contributed by atoms with Crippen molar-refractivity contribution in [1.82, 2.24) is 30.5 Å². The number of nitriles is 1. The molecule has 0 fully saturated rings. The second-order valence-electron chi connectivity index (χ2n) is 9.41. The van der Waals surface area contributed by atoms with E-state index in [1.54, 1.807) is 36.4 Å². The van der Waals surface area contributed by atoms with Gasteiger partial charge in [-0.05, 0) is 64.5 Å². The van der Waals surface area contributed by atoms with E-state index in [0.717, 1.165) is 52.3 Å². The summed E-state index contributed by atoms with van der Waals surface area (Å²) in [5.41, 5.74) is -3.53. The Kier molecular flexibility index (Phi) is 8.48. The molecule has 14 heteroatoms. The van der Waals surface area contributed by atoms with E-state index in [0.29, 0.717) is 21.4 Å². The van der Waals surface area contributed by atoms with Gasteiger partial charge in [0.05, 0.1) is 27.9 Å². The minimum atomic E-state index is -4.20. The lowest BCUT2D eigenvalue weighted by Gasteiger charge is -2.35. The number of aliphatic hydroxyl groups is 1. The monoisotopic (exact) mass is 617 g/mol. The lowest BCUT2D eigenvalue weighted by Crippen LogP contribution is -2.48. The summed E-state index contributed by atoms with van der Waals surface area (Å²) < 4.78 is 60.8. The van der Waals surface area contributed by atoms with Crippen LogP contribution in [0.15, 0.2) is 79.3 Å². The van der Waals surface area contributed by atoms with Crippen molar-refractivity contribution in [2.24, 2.45) is 0 Å². The number of tetrazole rings is 1. The van der Waals surface area contributed by atoms with Crippen LogP contribution in [-0.2, 0) is 24.6 Å². The number of rotatable bonds is 8. The quantitative estimate of drug-likeness (QED) is 0.196. The molecule has 5 rings (SSSR count). The van der Waals surface area contributed by atoms with Gasteiger partial charge in [-0.2, -0.15) is 14.0 Å². The molecule has 0 bridgehead atoms. The molecule has 2 N–H and O–H groups in total. The maximum absolute atomic E-state index is 15.9. The first-order chi connectivity index (χ1) is 21.1. The molecule has 1 atom stereocenters. The molecule has 0 saturated heterocycles. The number of hydrogen-bond acceptors (Lipinski definition) is 8. The fourth-order valence-electron chi connectivity index (χ4n) is 4.21. The molecule has 44 heavy (non-hydrogen) atoms. The Bertz CT molecular complexity index is 1910. The van der Waals surface area contributed by atoms with Crippen LogP contribution in [0.4, 0.5) is 17.6 Å². The highest BCUT2D eigenvalue weighted by Gasteiger charge is 2.58. The van der Waals surface area contributed by atoms with Gasteiger partial charge < -0.3 is 10.4 Å². The molecule has 1 unspecified atom stereocenters. The van der Waals surface area contributed by atoms with Crippen molar-refractivity contribution >= 4 is 17.2 Å². The van der Waals surface area contributed by atoms with E-state index >= 15 is 8.78 Å². The van der Waals surface area contributed by atoms with E-state index in [1.807, 2.05) is 6.07 Å². The van der Waals surface area contributed by atoms with E-state index < -0.39 is 41.0 Å². The van der Waals surface area contributed by atoms with Gasteiger partial charge in [0, 0.05) is 29.9 Å². The number of alkyl halides is 2. The normalized spacial score (nSPS) is 12.5. The highest BCUT2D eigenvalue weighted by Crippen LogP contribution is 2.46. The molecule has 0 saturated carbocycles. The minimum Gasteiger partial charge on any atom is -0.377 e. The molecule has 220 valence electrons. The van der Waals surface area contributed by atoms with Crippen molar-refractivity contribution in [2.75, 3.05) is 0 Å². The molecule has 0 aliphatic heterocycles. The summed E-state index contributed by atoms with van der Waals surface area (Å²) >= 11 is 1.12. The number of amides is 1. The highest BCUT2D eigenvalue weighted by molar-refractivity contribution is 7.14. The van der Waals surface area contributed by atoms with Crippen molar-refractivity contribution in [3.8, 4) is 17.9 Å². The van der Waals surface area contributed by atoms with E-state index in [-0.39, 0.29) is 18.0 Å². The third-order valence-electron chi connectivity index (χ3n) is 6.43. The van der Waals surface area contributed by atoms with Crippen molar-refractivity contribution < 1.29 is 27.5 Å². The number of thiophene rings is 1. The average molecular weight is 618 g/mol. The number of nitrogens with zero attached hydrogens (tertiary/aromatic N) is 6. The summed E-state index contributed by atoms with van der Waals surface area (Å²) in [5, 5.41) is 33.2. The summed E-state index contributed by atoms with van der Waals surface area (Å²) in [7, 11) is 0. The number of benzene rings is 2. The molecular weight excluding hydrogens is 598 g/mol. The summed E-state index contributed by atoms with van der Waals surface area (Å²) in [6.07, 6.45) is 2.02. The van der Waals surface area contributed by atoms with Crippen LogP contribution in [0.1, 0.15) is 42.5 Å². The number of pyridine rings is 1. The Balaban J connectivity index is 1.32. The van der Waals surface area contributed by atoms with E-state index in [4.69, 9.17) is 5.26 Å². The molecule has 0 spiro atoms. The van der Waals surface area contributed by atoms with Crippen LogP contribution in [0.2, 0.25) is 0 Å². The molecule has 9 nitrogen and oxygen atoms in total. The zero-order valence-electron chi connectivity index (χ0n) is 22.4. The number of carbonyl (C=O) groups is 1. The Hall–Kier alpha value is -5.44. The van der Waals surface area contributed by atoms with Crippen LogP contribution >= 0.6 is 11.3 Å².